The number of hydrogen-bond donors (Lipinski definition) is 1. The van der Waals surface area contributed by atoms with Crippen molar-refractivity contribution in [1.82, 2.24) is 4.90 Å². The van der Waals surface area contributed by atoms with Crippen molar-refractivity contribution in [3.8, 4) is 0 Å². The molecule has 0 saturated carbocycles. The van der Waals surface area contributed by atoms with Gasteiger partial charge >= 0.3 is 0 Å². The molecule has 1 unspecified atom stereocenters. The quantitative estimate of drug-likeness (QED) is 0.494. The Morgan fingerprint density at radius 1 is 1.50 bits per heavy atom. The van der Waals surface area contributed by atoms with Gasteiger partial charge in [-0.1, -0.05) is 25.6 Å². The van der Waals surface area contributed by atoms with Gasteiger partial charge in [0.2, 0.25) is 0 Å². The number of nitrogens with zero attached hydrogens (tertiary/aromatic N) is 1. The highest BCUT2D eigenvalue weighted by atomic mass is 32.1. The predicted octanol–water partition coefficient (Wildman–Crippen LogP) is 1.41. The average molecular weight is 218 g/mol. The van der Waals surface area contributed by atoms with E-state index in [-0.39, 0.29) is 6.04 Å². The maximum absolute atomic E-state index is 5.54. The van der Waals surface area contributed by atoms with Gasteiger partial charge in [0.25, 0.3) is 0 Å². The van der Waals surface area contributed by atoms with E-state index in [0.717, 1.165) is 26.2 Å². The molecule has 0 bridgehead atoms. The van der Waals surface area contributed by atoms with Crippen molar-refractivity contribution < 1.29 is 4.74 Å². The van der Waals surface area contributed by atoms with Crippen LogP contribution in [0.1, 0.15) is 26.7 Å². The van der Waals surface area contributed by atoms with Crippen LogP contribution in [0.15, 0.2) is 0 Å². The van der Waals surface area contributed by atoms with Crippen molar-refractivity contribution in [1.29, 1.82) is 0 Å². The van der Waals surface area contributed by atoms with Crippen LogP contribution in [0.3, 0.4) is 0 Å². The lowest BCUT2D eigenvalue weighted by Crippen LogP contribution is -2.40. The van der Waals surface area contributed by atoms with Crippen LogP contribution in [0, 0.1) is 0 Å². The molecule has 14 heavy (non-hydrogen) atoms. The molecule has 3 nitrogen and oxygen atoms in total. The van der Waals surface area contributed by atoms with Crippen LogP contribution in [0.2, 0.25) is 0 Å². The van der Waals surface area contributed by atoms with Gasteiger partial charge in [-0.2, -0.15) is 0 Å². The first-order valence-corrected chi connectivity index (χ1v) is 5.57. The summed E-state index contributed by atoms with van der Waals surface area (Å²) in [6.07, 6.45) is 2.31. The summed E-state index contributed by atoms with van der Waals surface area (Å²) < 4.78 is 5.45. The molecule has 0 spiro atoms. The second kappa shape index (κ2) is 8.15. The monoisotopic (exact) mass is 218 g/mol. The Hall–Kier alpha value is -0.190. The second-order valence-electron chi connectivity index (χ2n) is 3.52. The Morgan fingerprint density at radius 2 is 2.14 bits per heavy atom. The van der Waals surface area contributed by atoms with Gasteiger partial charge in [-0.25, -0.2) is 0 Å². The minimum Gasteiger partial charge on any atom is -0.392 e. The normalized spacial score (nSPS) is 13.1. The van der Waals surface area contributed by atoms with Gasteiger partial charge < -0.3 is 10.5 Å². The van der Waals surface area contributed by atoms with Crippen molar-refractivity contribution >= 4 is 17.2 Å². The molecule has 84 valence electrons. The van der Waals surface area contributed by atoms with Crippen molar-refractivity contribution in [2.24, 2.45) is 5.73 Å². The van der Waals surface area contributed by atoms with Crippen LogP contribution in [-0.2, 0) is 4.74 Å². The molecule has 0 heterocycles. The largest absolute Gasteiger partial charge is 0.392 e. The molecule has 0 radical (unpaired) electrons. The van der Waals surface area contributed by atoms with Crippen molar-refractivity contribution in [3.05, 3.63) is 0 Å². The van der Waals surface area contributed by atoms with Crippen LogP contribution < -0.4 is 5.73 Å². The number of unbranched alkanes of at least 4 members (excludes halogenated alkanes) is 1. The molecule has 1 atom stereocenters. The third kappa shape index (κ3) is 6.29. The highest BCUT2D eigenvalue weighted by Crippen LogP contribution is 1.96. The standard InChI is InChI=1S/C10H22N2OS/c1-4-5-7-13-8-6-12(3)9(2)10(11)14/h9H,4-8H2,1-3H3,(H2,11,14). The van der Waals surface area contributed by atoms with E-state index in [1.807, 2.05) is 14.0 Å². The summed E-state index contributed by atoms with van der Waals surface area (Å²) in [6.45, 7) is 6.65. The van der Waals surface area contributed by atoms with E-state index in [4.69, 9.17) is 22.7 Å². The molecule has 4 heteroatoms. The SMILES string of the molecule is CCCCOCCN(C)C(C)C(N)=S. The van der Waals surface area contributed by atoms with Gasteiger partial charge in [0.1, 0.15) is 0 Å². The predicted molar refractivity (Wildman–Crippen MR) is 64.6 cm³/mol. The molecule has 0 aromatic rings. The number of thiocarbonyl (C=S) groups is 1. The van der Waals surface area contributed by atoms with Crippen LogP contribution in [0.25, 0.3) is 0 Å². The molecule has 0 aromatic carbocycles. The summed E-state index contributed by atoms with van der Waals surface area (Å²) in [4.78, 5) is 2.65. The molecule has 0 aliphatic heterocycles. The first-order chi connectivity index (χ1) is 6.59. The topological polar surface area (TPSA) is 38.5 Å². The van der Waals surface area contributed by atoms with Crippen LogP contribution in [-0.4, -0.2) is 42.7 Å². The van der Waals surface area contributed by atoms with Crippen LogP contribution >= 0.6 is 12.2 Å². The second-order valence-corrected chi connectivity index (χ2v) is 4.00. The number of ether oxygens (including phenoxy) is 1. The van der Waals surface area contributed by atoms with Gasteiger partial charge in [-0.05, 0) is 20.4 Å². The van der Waals surface area contributed by atoms with E-state index in [1.54, 1.807) is 0 Å². The fourth-order valence-electron chi connectivity index (χ4n) is 0.968. The number of rotatable bonds is 8. The summed E-state index contributed by atoms with van der Waals surface area (Å²) in [5.74, 6) is 0. The van der Waals surface area contributed by atoms with Crippen LogP contribution in [0.4, 0.5) is 0 Å². The molecule has 0 amide bonds. The Bertz CT molecular complexity index is 164. The summed E-state index contributed by atoms with van der Waals surface area (Å²) in [7, 11) is 2.01. The molecule has 0 aliphatic rings. The summed E-state index contributed by atoms with van der Waals surface area (Å²) >= 11 is 4.91. The summed E-state index contributed by atoms with van der Waals surface area (Å²) in [6, 6.07) is 0.153. The Morgan fingerprint density at radius 3 is 2.64 bits per heavy atom. The van der Waals surface area contributed by atoms with E-state index in [9.17, 15) is 0 Å². The van der Waals surface area contributed by atoms with E-state index in [1.165, 1.54) is 6.42 Å². The number of hydrogen-bond acceptors (Lipinski definition) is 3. The van der Waals surface area contributed by atoms with E-state index >= 15 is 0 Å². The lowest BCUT2D eigenvalue weighted by molar-refractivity contribution is 0.106. The van der Waals surface area contributed by atoms with Gasteiger partial charge in [0, 0.05) is 13.2 Å². The van der Waals surface area contributed by atoms with Crippen molar-refractivity contribution in [2.45, 2.75) is 32.7 Å². The van der Waals surface area contributed by atoms with Gasteiger partial charge in [-0.15, -0.1) is 0 Å². The fourth-order valence-corrected chi connectivity index (χ4v) is 1.15. The van der Waals surface area contributed by atoms with Crippen molar-refractivity contribution in [2.75, 3.05) is 26.8 Å². The Balaban J connectivity index is 3.43. The first kappa shape index (κ1) is 13.8. The number of nitrogens with two attached hydrogens (primary N) is 1. The molecule has 2 N–H and O–H groups in total. The Kier molecular flexibility index (Phi) is 8.04. The maximum Gasteiger partial charge on any atom is 0.0899 e. The van der Waals surface area contributed by atoms with E-state index < -0.39 is 0 Å². The minimum atomic E-state index is 0.153. The summed E-state index contributed by atoms with van der Waals surface area (Å²) in [5, 5.41) is 0. The molecule has 0 rings (SSSR count). The smallest absolute Gasteiger partial charge is 0.0899 e. The minimum absolute atomic E-state index is 0.153. The fraction of sp³-hybridized carbons (Fsp3) is 0.900. The Labute approximate surface area is 92.6 Å². The van der Waals surface area contributed by atoms with Crippen molar-refractivity contribution in [3.63, 3.8) is 0 Å². The zero-order valence-corrected chi connectivity index (χ0v) is 10.3. The van der Waals surface area contributed by atoms with E-state index in [0.29, 0.717) is 4.99 Å². The molecular weight excluding hydrogens is 196 g/mol. The molecule has 0 aromatic heterocycles. The van der Waals surface area contributed by atoms with Gasteiger partial charge in [0.05, 0.1) is 17.6 Å². The number of likely N-dealkylation sites (N-methyl/N-ethyl adjacent to an activating group) is 1. The molecule has 0 aliphatic carbocycles. The lowest BCUT2D eigenvalue weighted by atomic mass is 10.3. The average Bonchev–Trinajstić information content (AvgIpc) is 2.16. The highest BCUT2D eigenvalue weighted by Gasteiger charge is 2.10. The molecule has 0 fully saturated rings. The van der Waals surface area contributed by atoms with Crippen LogP contribution in [0.5, 0.6) is 0 Å². The van der Waals surface area contributed by atoms with E-state index in [2.05, 4.69) is 11.8 Å². The third-order valence-corrected chi connectivity index (χ3v) is 2.64. The third-order valence-electron chi connectivity index (χ3n) is 2.30. The van der Waals surface area contributed by atoms with Gasteiger partial charge in [0.15, 0.2) is 0 Å². The molecule has 0 saturated heterocycles. The maximum atomic E-state index is 5.54. The zero-order valence-electron chi connectivity index (χ0n) is 9.45. The molecular formula is C10H22N2OS. The lowest BCUT2D eigenvalue weighted by Gasteiger charge is -2.23. The zero-order chi connectivity index (χ0) is 11.0. The van der Waals surface area contributed by atoms with Gasteiger partial charge in [-0.3, -0.25) is 4.90 Å². The summed E-state index contributed by atoms with van der Waals surface area (Å²) in [5.41, 5.74) is 5.54. The first-order valence-electron chi connectivity index (χ1n) is 5.16. The highest BCUT2D eigenvalue weighted by molar-refractivity contribution is 7.80.